The highest BCUT2D eigenvalue weighted by Crippen LogP contribution is 2.28. The zero-order valence-electron chi connectivity index (χ0n) is 11.1. The van der Waals surface area contributed by atoms with E-state index in [1.807, 2.05) is 24.3 Å². The Hall–Kier alpha value is -1.55. The van der Waals surface area contributed by atoms with Gasteiger partial charge in [0.25, 0.3) is 0 Å². The SMILES string of the molecule is C=CCNc1nc(C)cn1C(C)c1ccc(C)s1. The lowest BCUT2D eigenvalue weighted by Crippen LogP contribution is -2.10. The van der Waals surface area contributed by atoms with Crippen molar-refractivity contribution >= 4 is 17.3 Å². The second-order valence-corrected chi connectivity index (χ2v) is 5.73. The molecular formula is C14H19N3S. The van der Waals surface area contributed by atoms with E-state index in [9.17, 15) is 0 Å². The summed E-state index contributed by atoms with van der Waals surface area (Å²) in [6.07, 6.45) is 3.93. The Balaban J connectivity index is 2.28. The van der Waals surface area contributed by atoms with Crippen molar-refractivity contribution in [3.05, 3.63) is 46.4 Å². The zero-order valence-corrected chi connectivity index (χ0v) is 11.9. The number of aromatic nitrogens is 2. The number of hydrogen-bond acceptors (Lipinski definition) is 3. The minimum atomic E-state index is 0.303. The van der Waals surface area contributed by atoms with Crippen LogP contribution in [0.15, 0.2) is 31.0 Å². The molecule has 0 aliphatic rings. The van der Waals surface area contributed by atoms with Crippen molar-refractivity contribution in [2.24, 2.45) is 0 Å². The number of imidazole rings is 1. The van der Waals surface area contributed by atoms with Gasteiger partial charge in [0.05, 0.1) is 11.7 Å². The van der Waals surface area contributed by atoms with Gasteiger partial charge >= 0.3 is 0 Å². The van der Waals surface area contributed by atoms with Crippen molar-refractivity contribution < 1.29 is 0 Å². The van der Waals surface area contributed by atoms with Gasteiger partial charge in [0.2, 0.25) is 5.95 Å². The van der Waals surface area contributed by atoms with Gasteiger partial charge in [-0.05, 0) is 32.9 Å². The predicted octanol–water partition coefficient (Wildman–Crippen LogP) is 3.77. The van der Waals surface area contributed by atoms with Gasteiger partial charge in [0.1, 0.15) is 0 Å². The molecular weight excluding hydrogens is 242 g/mol. The number of aryl methyl sites for hydroxylation is 2. The Morgan fingerprint density at radius 1 is 1.50 bits per heavy atom. The molecule has 2 aromatic rings. The molecule has 0 amide bonds. The fourth-order valence-electron chi connectivity index (χ4n) is 1.92. The first-order valence-electron chi connectivity index (χ1n) is 6.08. The number of nitrogens with one attached hydrogen (secondary N) is 1. The average Bonchev–Trinajstić information content (AvgIpc) is 2.92. The van der Waals surface area contributed by atoms with Gasteiger partial charge in [-0.25, -0.2) is 4.98 Å². The van der Waals surface area contributed by atoms with Crippen LogP contribution in [0, 0.1) is 13.8 Å². The molecule has 96 valence electrons. The Labute approximate surface area is 112 Å². The highest BCUT2D eigenvalue weighted by molar-refractivity contribution is 7.12. The highest BCUT2D eigenvalue weighted by atomic mass is 32.1. The lowest BCUT2D eigenvalue weighted by molar-refractivity contribution is 0.655. The lowest BCUT2D eigenvalue weighted by Gasteiger charge is -2.15. The van der Waals surface area contributed by atoms with Gasteiger partial charge in [0, 0.05) is 22.5 Å². The largest absolute Gasteiger partial charge is 0.352 e. The minimum Gasteiger partial charge on any atom is -0.352 e. The second kappa shape index (κ2) is 5.40. The molecule has 4 heteroatoms. The van der Waals surface area contributed by atoms with Gasteiger partial charge in [0.15, 0.2) is 0 Å². The van der Waals surface area contributed by atoms with E-state index < -0.39 is 0 Å². The molecule has 2 heterocycles. The Morgan fingerprint density at radius 3 is 2.89 bits per heavy atom. The van der Waals surface area contributed by atoms with Crippen molar-refractivity contribution in [2.75, 3.05) is 11.9 Å². The van der Waals surface area contributed by atoms with E-state index in [1.54, 1.807) is 0 Å². The van der Waals surface area contributed by atoms with Crippen LogP contribution in [0.25, 0.3) is 0 Å². The molecule has 2 rings (SSSR count). The van der Waals surface area contributed by atoms with E-state index in [1.165, 1.54) is 9.75 Å². The molecule has 1 unspecified atom stereocenters. The van der Waals surface area contributed by atoms with Gasteiger partial charge in [-0.3, -0.25) is 0 Å². The third-order valence-corrected chi connectivity index (χ3v) is 4.02. The Bertz CT molecular complexity index is 539. The van der Waals surface area contributed by atoms with Crippen LogP contribution in [0.2, 0.25) is 0 Å². The highest BCUT2D eigenvalue weighted by Gasteiger charge is 2.14. The molecule has 0 aliphatic carbocycles. The first-order valence-corrected chi connectivity index (χ1v) is 6.90. The van der Waals surface area contributed by atoms with E-state index in [0.717, 1.165) is 18.2 Å². The van der Waals surface area contributed by atoms with Crippen molar-refractivity contribution in [1.29, 1.82) is 0 Å². The molecule has 0 saturated carbocycles. The maximum atomic E-state index is 4.51. The molecule has 0 aromatic carbocycles. The monoisotopic (exact) mass is 261 g/mol. The van der Waals surface area contributed by atoms with Crippen LogP contribution in [0.4, 0.5) is 5.95 Å². The van der Waals surface area contributed by atoms with Crippen LogP contribution in [0.3, 0.4) is 0 Å². The summed E-state index contributed by atoms with van der Waals surface area (Å²) < 4.78 is 2.18. The molecule has 18 heavy (non-hydrogen) atoms. The number of rotatable bonds is 5. The van der Waals surface area contributed by atoms with Crippen LogP contribution in [0.5, 0.6) is 0 Å². The lowest BCUT2D eigenvalue weighted by atomic mass is 10.2. The Morgan fingerprint density at radius 2 is 2.28 bits per heavy atom. The van der Waals surface area contributed by atoms with Gasteiger partial charge in [-0.15, -0.1) is 17.9 Å². The smallest absolute Gasteiger partial charge is 0.203 e. The first-order chi connectivity index (χ1) is 8.61. The first kappa shape index (κ1) is 12.9. The van der Waals surface area contributed by atoms with Crippen molar-refractivity contribution in [1.82, 2.24) is 9.55 Å². The van der Waals surface area contributed by atoms with Gasteiger partial charge in [-0.2, -0.15) is 0 Å². The molecule has 0 fully saturated rings. The molecule has 0 radical (unpaired) electrons. The van der Waals surface area contributed by atoms with Crippen LogP contribution in [0.1, 0.15) is 28.4 Å². The Kier molecular flexibility index (Phi) is 3.87. The summed E-state index contributed by atoms with van der Waals surface area (Å²) in [6, 6.07) is 4.66. The van der Waals surface area contributed by atoms with E-state index in [2.05, 4.69) is 53.6 Å². The van der Waals surface area contributed by atoms with Crippen molar-refractivity contribution in [3.8, 4) is 0 Å². The molecule has 0 spiro atoms. The van der Waals surface area contributed by atoms with E-state index >= 15 is 0 Å². The fourth-order valence-corrected chi connectivity index (χ4v) is 2.85. The zero-order chi connectivity index (χ0) is 13.1. The third-order valence-electron chi connectivity index (χ3n) is 2.85. The summed E-state index contributed by atoms with van der Waals surface area (Å²) >= 11 is 1.84. The van der Waals surface area contributed by atoms with E-state index in [-0.39, 0.29) is 0 Å². The summed E-state index contributed by atoms with van der Waals surface area (Å²) in [7, 11) is 0. The van der Waals surface area contributed by atoms with Crippen LogP contribution in [-0.2, 0) is 0 Å². The van der Waals surface area contributed by atoms with Crippen molar-refractivity contribution in [3.63, 3.8) is 0 Å². The predicted molar refractivity (Wildman–Crippen MR) is 78.5 cm³/mol. The topological polar surface area (TPSA) is 29.9 Å². The second-order valence-electron chi connectivity index (χ2n) is 4.41. The molecule has 0 bridgehead atoms. The van der Waals surface area contributed by atoms with Crippen LogP contribution >= 0.6 is 11.3 Å². The molecule has 0 saturated heterocycles. The number of thiophene rings is 1. The maximum absolute atomic E-state index is 4.51. The van der Waals surface area contributed by atoms with E-state index in [0.29, 0.717) is 6.04 Å². The summed E-state index contributed by atoms with van der Waals surface area (Å²) in [5.41, 5.74) is 1.03. The summed E-state index contributed by atoms with van der Waals surface area (Å²) in [4.78, 5) is 7.21. The quantitative estimate of drug-likeness (QED) is 0.830. The van der Waals surface area contributed by atoms with Crippen molar-refractivity contribution in [2.45, 2.75) is 26.8 Å². The van der Waals surface area contributed by atoms with E-state index in [4.69, 9.17) is 0 Å². The minimum absolute atomic E-state index is 0.303. The van der Waals surface area contributed by atoms with Gasteiger partial charge < -0.3 is 9.88 Å². The van der Waals surface area contributed by atoms with Crippen LogP contribution in [-0.4, -0.2) is 16.1 Å². The standard InChI is InChI=1S/C14H19N3S/c1-5-8-15-14-16-10(2)9-17(14)12(4)13-7-6-11(3)18-13/h5-7,9,12H,1,8H2,2-4H3,(H,15,16). The summed E-state index contributed by atoms with van der Waals surface area (Å²) in [5.74, 6) is 0.908. The fraction of sp³-hybridized carbons (Fsp3) is 0.357. The number of nitrogens with zero attached hydrogens (tertiary/aromatic N) is 2. The maximum Gasteiger partial charge on any atom is 0.203 e. The molecule has 3 nitrogen and oxygen atoms in total. The average molecular weight is 261 g/mol. The normalized spacial score (nSPS) is 12.4. The number of anilines is 1. The molecule has 1 N–H and O–H groups in total. The third kappa shape index (κ3) is 2.64. The molecule has 0 aliphatic heterocycles. The number of hydrogen-bond donors (Lipinski definition) is 1. The summed E-state index contributed by atoms with van der Waals surface area (Å²) in [6.45, 7) is 10.8. The summed E-state index contributed by atoms with van der Waals surface area (Å²) in [5, 5.41) is 3.28. The van der Waals surface area contributed by atoms with Gasteiger partial charge in [-0.1, -0.05) is 6.08 Å². The van der Waals surface area contributed by atoms with Crippen LogP contribution < -0.4 is 5.32 Å². The molecule has 2 aromatic heterocycles. The molecule has 1 atom stereocenters.